The number of amides is 2. The molecule has 0 unspecified atom stereocenters. The van der Waals surface area contributed by atoms with Gasteiger partial charge in [0.1, 0.15) is 11.8 Å². The molecule has 29 heavy (non-hydrogen) atoms. The van der Waals surface area contributed by atoms with Gasteiger partial charge in [0.2, 0.25) is 11.8 Å². The standard InChI is InChI=1S/C23H29N3O3/c1-4-15(2)21(23(28)25-18-9-11-19(29-3)12-10-18)26-22(27)20-13-16-7-5-6-8-17(16)14-24-20/h5-12,15,20-21,24H,4,13-14H2,1-3H3,(H,25,28)(H,26,27)/t15-,20+,21-/m1/s1. The zero-order chi connectivity index (χ0) is 20.8. The van der Waals surface area contributed by atoms with Crippen LogP contribution in [0.15, 0.2) is 48.5 Å². The first-order chi connectivity index (χ1) is 14.0. The summed E-state index contributed by atoms with van der Waals surface area (Å²) in [6.07, 6.45) is 1.40. The van der Waals surface area contributed by atoms with E-state index in [1.807, 2.05) is 26.0 Å². The van der Waals surface area contributed by atoms with Crippen molar-refractivity contribution in [1.82, 2.24) is 10.6 Å². The van der Waals surface area contributed by atoms with Crippen LogP contribution in [0.4, 0.5) is 5.69 Å². The molecule has 0 saturated heterocycles. The van der Waals surface area contributed by atoms with E-state index in [1.54, 1.807) is 31.4 Å². The lowest BCUT2D eigenvalue weighted by Gasteiger charge is -2.29. The van der Waals surface area contributed by atoms with Crippen LogP contribution in [0.25, 0.3) is 0 Å². The van der Waals surface area contributed by atoms with E-state index in [0.717, 1.165) is 12.2 Å². The van der Waals surface area contributed by atoms with Crippen LogP contribution in [0.5, 0.6) is 5.75 Å². The van der Waals surface area contributed by atoms with Crippen molar-refractivity contribution >= 4 is 17.5 Å². The molecule has 6 heteroatoms. The summed E-state index contributed by atoms with van der Waals surface area (Å²) in [5.41, 5.74) is 3.06. The van der Waals surface area contributed by atoms with Gasteiger partial charge in [0.25, 0.3) is 0 Å². The monoisotopic (exact) mass is 395 g/mol. The van der Waals surface area contributed by atoms with Gasteiger partial charge < -0.3 is 20.7 Å². The quantitative estimate of drug-likeness (QED) is 0.674. The molecule has 1 aliphatic heterocycles. The van der Waals surface area contributed by atoms with Crippen LogP contribution in [0.3, 0.4) is 0 Å². The van der Waals surface area contributed by atoms with Crippen LogP contribution in [0.2, 0.25) is 0 Å². The molecule has 0 fully saturated rings. The molecule has 154 valence electrons. The maximum absolute atomic E-state index is 12.9. The number of carbonyl (C=O) groups excluding carboxylic acids is 2. The molecule has 0 bridgehead atoms. The first kappa shape index (κ1) is 20.9. The van der Waals surface area contributed by atoms with Gasteiger partial charge in [-0.05, 0) is 47.7 Å². The maximum Gasteiger partial charge on any atom is 0.247 e. The van der Waals surface area contributed by atoms with Gasteiger partial charge in [-0.3, -0.25) is 9.59 Å². The predicted molar refractivity (Wildman–Crippen MR) is 114 cm³/mol. The molecule has 1 heterocycles. The Balaban J connectivity index is 1.66. The van der Waals surface area contributed by atoms with Crippen molar-refractivity contribution in [3.63, 3.8) is 0 Å². The number of carbonyl (C=O) groups is 2. The Morgan fingerprint density at radius 1 is 1.14 bits per heavy atom. The highest BCUT2D eigenvalue weighted by Gasteiger charge is 2.30. The third kappa shape index (κ3) is 5.15. The average Bonchev–Trinajstić information content (AvgIpc) is 2.76. The van der Waals surface area contributed by atoms with Crippen molar-refractivity contribution in [3.8, 4) is 5.75 Å². The van der Waals surface area contributed by atoms with Crippen LogP contribution in [0.1, 0.15) is 31.4 Å². The molecule has 0 aromatic heterocycles. The highest BCUT2D eigenvalue weighted by molar-refractivity contribution is 5.98. The number of fused-ring (bicyclic) bond motifs is 1. The van der Waals surface area contributed by atoms with E-state index >= 15 is 0 Å². The normalized spacial score (nSPS) is 17.6. The first-order valence-electron chi connectivity index (χ1n) is 10.1. The second-order valence-corrected chi connectivity index (χ2v) is 7.50. The number of ether oxygens (including phenoxy) is 1. The fourth-order valence-corrected chi connectivity index (χ4v) is 3.49. The lowest BCUT2D eigenvalue weighted by Crippen LogP contribution is -2.55. The molecule has 1 aliphatic rings. The minimum atomic E-state index is -0.603. The van der Waals surface area contributed by atoms with Crippen molar-refractivity contribution in [2.24, 2.45) is 5.92 Å². The maximum atomic E-state index is 12.9. The van der Waals surface area contributed by atoms with E-state index in [1.165, 1.54) is 11.1 Å². The van der Waals surface area contributed by atoms with Gasteiger partial charge in [-0.25, -0.2) is 0 Å². The summed E-state index contributed by atoms with van der Waals surface area (Å²) in [4.78, 5) is 25.8. The summed E-state index contributed by atoms with van der Waals surface area (Å²) >= 11 is 0. The van der Waals surface area contributed by atoms with Crippen LogP contribution in [-0.2, 0) is 22.6 Å². The van der Waals surface area contributed by atoms with E-state index in [-0.39, 0.29) is 23.8 Å². The van der Waals surface area contributed by atoms with Crippen molar-refractivity contribution in [3.05, 3.63) is 59.7 Å². The van der Waals surface area contributed by atoms with Crippen LogP contribution >= 0.6 is 0 Å². The van der Waals surface area contributed by atoms with Crippen molar-refractivity contribution < 1.29 is 14.3 Å². The fourth-order valence-electron chi connectivity index (χ4n) is 3.49. The highest BCUT2D eigenvalue weighted by Crippen LogP contribution is 2.19. The molecule has 0 saturated carbocycles. The topological polar surface area (TPSA) is 79.5 Å². The highest BCUT2D eigenvalue weighted by atomic mass is 16.5. The van der Waals surface area contributed by atoms with Crippen molar-refractivity contribution in [2.75, 3.05) is 12.4 Å². The van der Waals surface area contributed by atoms with Gasteiger partial charge in [0.15, 0.2) is 0 Å². The first-order valence-corrected chi connectivity index (χ1v) is 10.1. The van der Waals surface area contributed by atoms with E-state index in [9.17, 15) is 9.59 Å². The Morgan fingerprint density at radius 3 is 2.48 bits per heavy atom. The number of nitrogens with one attached hydrogen (secondary N) is 3. The summed E-state index contributed by atoms with van der Waals surface area (Å²) in [6.45, 7) is 4.64. The molecular weight excluding hydrogens is 366 g/mol. The molecule has 3 atom stereocenters. The number of anilines is 1. The zero-order valence-electron chi connectivity index (χ0n) is 17.2. The molecule has 0 spiro atoms. The Kier molecular flexibility index (Phi) is 6.88. The Labute approximate surface area is 172 Å². The van der Waals surface area contributed by atoms with Crippen LogP contribution in [-0.4, -0.2) is 31.0 Å². The summed E-state index contributed by atoms with van der Waals surface area (Å²) in [5, 5.41) is 9.16. The number of rotatable bonds is 7. The number of hydrogen-bond donors (Lipinski definition) is 3. The SMILES string of the molecule is CC[C@@H](C)[C@@H](NC(=O)[C@@H]1Cc2ccccc2CN1)C(=O)Nc1ccc(OC)cc1. The number of methoxy groups -OCH3 is 1. The molecule has 2 aromatic carbocycles. The lowest BCUT2D eigenvalue weighted by molar-refractivity contribution is -0.129. The van der Waals surface area contributed by atoms with E-state index in [2.05, 4.69) is 28.1 Å². The minimum absolute atomic E-state index is 0.00748. The molecule has 0 radical (unpaired) electrons. The molecule has 3 N–H and O–H groups in total. The largest absolute Gasteiger partial charge is 0.497 e. The summed E-state index contributed by atoms with van der Waals surface area (Å²) in [5.74, 6) is 0.371. The predicted octanol–water partition coefficient (Wildman–Crippen LogP) is 2.88. The zero-order valence-corrected chi connectivity index (χ0v) is 17.2. The van der Waals surface area contributed by atoms with E-state index in [0.29, 0.717) is 18.7 Å². The Bertz CT molecular complexity index is 851. The summed E-state index contributed by atoms with van der Waals surface area (Å²) in [6, 6.07) is 14.3. The second-order valence-electron chi connectivity index (χ2n) is 7.50. The Morgan fingerprint density at radius 2 is 1.83 bits per heavy atom. The molecular formula is C23H29N3O3. The third-order valence-corrected chi connectivity index (χ3v) is 5.55. The average molecular weight is 396 g/mol. The van der Waals surface area contributed by atoms with Gasteiger partial charge in [-0.1, -0.05) is 44.5 Å². The van der Waals surface area contributed by atoms with E-state index in [4.69, 9.17) is 4.74 Å². The Hall–Kier alpha value is -2.86. The fraction of sp³-hybridized carbons (Fsp3) is 0.391. The lowest BCUT2D eigenvalue weighted by atomic mass is 9.94. The summed E-state index contributed by atoms with van der Waals surface area (Å²) < 4.78 is 5.15. The van der Waals surface area contributed by atoms with Crippen LogP contribution in [0, 0.1) is 5.92 Å². The molecule has 2 amide bonds. The molecule has 3 rings (SSSR count). The molecule has 6 nitrogen and oxygen atoms in total. The molecule has 2 aromatic rings. The van der Waals surface area contributed by atoms with Gasteiger partial charge in [0.05, 0.1) is 13.2 Å². The van der Waals surface area contributed by atoms with Gasteiger partial charge in [-0.2, -0.15) is 0 Å². The van der Waals surface area contributed by atoms with Gasteiger partial charge >= 0.3 is 0 Å². The number of hydrogen-bond acceptors (Lipinski definition) is 4. The summed E-state index contributed by atoms with van der Waals surface area (Å²) in [7, 11) is 1.60. The van der Waals surface area contributed by atoms with Gasteiger partial charge in [-0.15, -0.1) is 0 Å². The van der Waals surface area contributed by atoms with Crippen LogP contribution < -0.4 is 20.7 Å². The van der Waals surface area contributed by atoms with Crippen molar-refractivity contribution in [1.29, 1.82) is 0 Å². The number of benzene rings is 2. The second kappa shape index (κ2) is 9.56. The smallest absolute Gasteiger partial charge is 0.247 e. The van der Waals surface area contributed by atoms with Crippen molar-refractivity contribution in [2.45, 2.75) is 45.3 Å². The minimum Gasteiger partial charge on any atom is -0.497 e. The third-order valence-electron chi connectivity index (χ3n) is 5.55. The molecule has 0 aliphatic carbocycles. The van der Waals surface area contributed by atoms with E-state index < -0.39 is 6.04 Å². The van der Waals surface area contributed by atoms with Gasteiger partial charge in [0, 0.05) is 12.2 Å².